The maximum absolute atomic E-state index is 10.7. The summed E-state index contributed by atoms with van der Waals surface area (Å²) < 4.78 is 5.72. The van der Waals surface area contributed by atoms with Gasteiger partial charge in [0.05, 0.1) is 6.10 Å². The Labute approximate surface area is 109 Å². The monoisotopic (exact) mass is 246 g/mol. The first kappa shape index (κ1) is 12.2. The summed E-state index contributed by atoms with van der Waals surface area (Å²) in [5, 5.41) is 10.7. The van der Waals surface area contributed by atoms with Gasteiger partial charge < -0.3 is 9.84 Å². The van der Waals surface area contributed by atoms with Crippen molar-refractivity contribution in [3.8, 4) is 0 Å². The molecule has 0 aliphatic heterocycles. The molecule has 0 aromatic heterocycles. The van der Waals surface area contributed by atoms with Gasteiger partial charge in [-0.25, -0.2) is 0 Å². The minimum atomic E-state index is -0.547. The molecule has 1 aromatic carbocycles. The Kier molecular flexibility index (Phi) is 2.95. The Morgan fingerprint density at radius 2 is 1.94 bits per heavy atom. The summed E-state index contributed by atoms with van der Waals surface area (Å²) in [7, 11) is 1.71. The van der Waals surface area contributed by atoms with Crippen LogP contribution < -0.4 is 0 Å². The van der Waals surface area contributed by atoms with Crippen molar-refractivity contribution in [1.29, 1.82) is 0 Å². The third-order valence-electron chi connectivity index (χ3n) is 5.11. The van der Waals surface area contributed by atoms with Crippen molar-refractivity contribution in [2.24, 2.45) is 5.92 Å². The number of fused-ring (bicyclic) bond motifs is 3. The first-order valence-electron chi connectivity index (χ1n) is 7.01. The average molecular weight is 246 g/mol. The molecular formula is C16H22O2. The molecule has 2 nitrogen and oxygen atoms in total. The van der Waals surface area contributed by atoms with Crippen LogP contribution in [0.1, 0.15) is 49.7 Å². The molecule has 98 valence electrons. The van der Waals surface area contributed by atoms with Gasteiger partial charge >= 0.3 is 0 Å². The van der Waals surface area contributed by atoms with E-state index < -0.39 is 5.60 Å². The number of hydrogen-bond donors (Lipinski definition) is 1. The van der Waals surface area contributed by atoms with Crippen LogP contribution in [-0.2, 0) is 10.3 Å². The molecule has 0 amide bonds. The fraction of sp³-hybridized carbons (Fsp3) is 0.625. The zero-order chi connectivity index (χ0) is 12.8. The normalized spacial score (nSPS) is 38.9. The lowest BCUT2D eigenvalue weighted by atomic mass is 9.62. The summed E-state index contributed by atoms with van der Waals surface area (Å²) in [6, 6.07) is 8.50. The summed E-state index contributed by atoms with van der Waals surface area (Å²) in [5.74, 6) is 0.881. The Morgan fingerprint density at radius 3 is 2.72 bits per heavy atom. The summed E-state index contributed by atoms with van der Waals surface area (Å²) in [6.07, 6.45) is 4.46. The number of aliphatic hydroxyl groups excluding tert-OH is 1. The number of benzene rings is 1. The maximum Gasteiger partial charge on any atom is 0.116 e. The Balaban J connectivity index is 2.15. The summed E-state index contributed by atoms with van der Waals surface area (Å²) in [5.41, 5.74) is 2.04. The van der Waals surface area contributed by atoms with E-state index in [1.54, 1.807) is 7.11 Å². The highest BCUT2D eigenvalue weighted by molar-refractivity contribution is 5.40. The molecule has 0 saturated heterocycles. The summed E-state index contributed by atoms with van der Waals surface area (Å²) in [6.45, 7) is 2.03. The van der Waals surface area contributed by atoms with Crippen molar-refractivity contribution in [3.05, 3.63) is 35.4 Å². The van der Waals surface area contributed by atoms with Crippen LogP contribution in [0, 0.1) is 5.92 Å². The maximum atomic E-state index is 10.7. The molecule has 0 heterocycles. The van der Waals surface area contributed by atoms with Crippen LogP contribution in [-0.4, -0.2) is 18.3 Å². The van der Waals surface area contributed by atoms with Gasteiger partial charge in [0, 0.05) is 7.11 Å². The number of rotatable bonds is 1. The molecule has 1 aromatic rings. The first-order chi connectivity index (χ1) is 8.68. The Hall–Kier alpha value is -0.860. The Bertz CT molecular complexity index is 442. The van der Waals surface area contributed by atoms with Gasteiger partial charge in [0.1, 0.15) is 5.60 Å². The molecule has 0 bridgehead atoms. The van der Waals surface area contributed by atoms with Crippen molar-refractivity contribution < 1.29 is 9.84 Å². The fourth-order valence-corrected chi connectivity index (χ4v) is 3.99. The second-order valence-corrected chi connectivity index (χ2v) is 5.90. The van der Waals surface area contributed by atoms with E-state index in [4.69, 9.17) is 4.74 Å². The van der Waals surface area contributed by atoms with E-state index in [0.29, 0.717) is 11.8 Å². The highest BCUT2D eigenvalue weighted by atomic mass is 16.5. The molecule has 1 saturated carbocycles. The molecule has 2 heteroatoms. The first-order valence-corrected chi connectivity index (χ1v) is 7.01. The molecule has 3 rings (SSSR count). The zero-order valence-electron chi connectivity index (χ0n) is 11.2. The minimum absolute atomic E-state index is 0.360. The second-order valence-electron chi connectivity index (χ2n) is 5.90. The van der Waals surface area contributed by atoms with E-state index >= 15 is 0 Å². The third kappa shape index (κ3) is 1.55. The van der Waals surface area contributed by atoms with E-state index in [0.717, 1.165) is 6.42 Å². The smallest absolute Gasteiger partial charge is 0.116 e. The number of hydrogen-bond acceptors (Lipinski definition) is 2. The van der Waals surface area contributed by atoms with Crippen LogP contribution in [0.15, 0.2) is 24.3 Å². The molecule has 0 radical (unpaired) electrons. The molecular weight excluding hydrogens is 224 g/mol. The standard InChI is InChI=1S/C16H22O2/c1-16(18-2)14-10-6-5-8-12(14)11-7-3-4-9-13(11)15(16)17/h5-6,8,10-11,13,15,17H,3-4,7,9H2,1-2H3/t11-,13-,15-,16-/m0/s1. The van der Waals surface area contributed by atoms with Gasteiger partial charge in [-0.05, 0) is 42.7 Å². The molecule has 0 spiro atoms. The summed E-state index contributed by atoms with van der Waals surface area (Å²) >= 11 is 0. The van der Waals surface area contributed by atoms with Crippen LogP contribution in [0.5, 0.6) is 0 Å². The van der Waals surface area contributed by atoms with E-state index in [9.17, 15) is 5.11 Å². The highest BCUT2D eigenvalue weighted by Gasteiger charge is 2.49. The predicted octanol–water partition coefficient (Wildman–Crippen LogP) is 3.20. The SMILES string of the molecule is CO[C@@]1(C)c2ccccc2[C@@H]2CCCC[C@@H]2[C@@H]1O. The predicted molar refractivity (Wildman–Crippen MR) is 71.5 cm³/mol. The van der Waals surface area contributed by atoms with Gasteiger partial charge in [-0.3, -0.25) is 0 Å². The molecule has 4 atom stereocenters. The van der Waals surface area contributed by atoms with Gasteiger partial charge in [0.15, 0.2) is 0 Å². The third-order valence-corrected chi connectivity index (χ3v) is 5.11. The highest BCUT2D eigenvalue weighted by Crippen LogP contribution is 2.51. The molecule has 0 unspecified atom stereocenters. The second kappa shape index (κ2) is 4.36. The fourth-order valence-electron chi connectivity index (χ4n) is 3.99. The van der Waals surface area contributed by atoms with Crippen LogP contribution in [0.4, 0.5) is 0 Å². The van der Waals surface area contributed by atoms with E-state index in [-0.39, 0.29) is 6.10 Å². The van der Waals surface area contributed by atoms with E-state index in [1.165, 1.54) is 30.4 Å². The summed E-state index contributed by atoms with van der Waals surface area (Å²) in [4.78, 5) is 0. The van der Waals surface area contributed by atoms with Crippen molar-refractivity contribution in [2.45, 2.75) is 50.2 Å². The number of aliphatic hydroxyl groups is 1. The lowest BCUT2D eigenvalue weighted by Gasteiger charge is -2.49. The minimum Gasteiger partial charge on any atom is -0.389 e. The van der Waals surface area contributed by atoms with Crippen molar-refractivity contribution >= 4 is 0 Å². The number of ether oxygens (including phenoxy) is 1. The van der Waals surface area contributed by atoms with Crippen molar-refractivity contribution in [1.82, 2.24) is 0 Å². The molecule has 1 N–H and O–H groups in total. The van der Waals surface area contributed by atoms with Gasteiger partial charge in [-0.2, -0.15) is 0 Å². The van der Waals surface area contributed by atoms with Crippen LogP contribution in [0.25, 0.3) is 0 Å². The average Bonchev–Trinajstić information content (AvgIpc) is 2.45. The van der Waals surface area contributed by atoms with Gasteiger partial charge in [0.2, 0.25) is 0 Å². The van der Waals surface area contributed by atoms with Crippen molar-refractivity contribution in [3.63, 3.8) is 0 Å². The van der Waals surface area contributed by atoms with Crippen molar-refractivity contribution in [2.75, 3.05) is 7.11 Å². The van der Waals surface area contributed by atoms with Gasteiger partial charge in [-0.1, -0.05) is 37.1 Å². The zero-order valence-corrected chi connectivity index (χ0v) is 11.2. The quantitative estimate of drug-likeness (QED) is 0.824. The largest absolute Gasteiger partial charge is 0.389 e. The lowest BCUT2D eigenvalue weighted by molar-refractivity contribution is -0.137. The van der Waals surface area contributed by atoms with Crippen LogP contribution in [0.3, 0.4) is 0 Å². The molecule has 1 fully saturated rings. The topological polar surface area (TPSA) is 29.5 Å². The van der Waals surface area contributed by atoms with E-state index in [2.05, 4.69) is 18.2 Å². The number of methoxy groups -OCH3 is 1. The van der Waals surface area contributed by atoms with E-state index in [1.807, 2.05) is 13.0 Å². The molecule has 18 heavy (non-hydrogen) atoms. The molecule has 2 aliphatic rings. The van der Waals surface area contributed by atoms with Gasteiger partial charge in [-0.15, -0.1) is 0 Å². The molecule has 2 aliphatic carbocycles. The van der Waals surface area contributed by atoms with Crippen LogP contribution in [0.2, 0.25) is 0 Å². The lowest BCUT2D eigenvalue weighted by Crippen LogP contribution is -2.50. The van der Waals surface area contributed by atoms with Crippen LogP contribution >= 0.6 is 0 Å². The Morgan fingerprint density at radius 1 is 1.22 bits per heavy atom. The van der Waals surface area contributed by atoms with Gasteiger partial charge in [0.25, 0.3) is 0 Å².